The molecule has 1 aliphatic carbocycles. The van der Waals surface area contributed by atoms with Crippen molar-refractivity contribution in [1.82, 2.24) is 0 Å². The fourth-order valence-corrected chi connectivity index (χ4v) is 3.03. The topological polar surface area (TPSA) is 33.0 Å². The molecule has 2 atom stereocenters. The van der Waals surface area contributed by atoms with Crippen LogP contribution in [0.2, 0.25) is 0 Å². The molecule has 16 heavy (non-hydrogen) atoms. The molecule has 2 unspecified atom stereocenters. The highest BCUT2D eigenvalue weighted by Crippen LogP contribution is 2.31. The Morgan fingerprint density at radius 1 is 1.31 bits per heavy atom. The molecular formula is C12H21ClN2O. The zero-order valence-corrected chi connectivity index (χ0v) is 10.7. The van der Waals surface area contributed by atoms with Gasteiger partial charge in [0.1, 0.15) is 12.6 Å². The lowest BCUT2D eigenvalue weighted by Gasteiger charge is -2.38. The van der Waals surface area contributed by atoms with Crippen LogP contribution in [-0.2, 0) is 4.74 Å². The minimum absolute atomic E-state index is 0. The lowest BCUT2D eigenvalue weighted by Crippen LogP contribution is -3.00. The van der Waals surface area contributed by atoms with Crippen LogP contribution in [0, 0.1) is 11.3 Å². The molecule has 1 saturated heterocycles. The number of nitrogens with zero attached hydrogens (tertiary/aromatic N) is 2. The molecule has 0 radical (unpaired) electrons. The lowest BCUT2D eigenvalue weighted by molar-refractivity contribution is -0.932. The first-order valence-electron chi connectivity index (χ1n) is 6.07. The Hall–Kier alpha value is -0.300. The van der Waals surface area contributed by atoms with Crippen LogP contribution in [0.5, 0.6) is 0 Å². The minimum Gasteiger partial charge on any atom is -1.00 e. The third-order valence-electron chi connectivity index (χ3n) is 4.00. The molecule has 1 saturated carbocycles. The molecule has 2 rings (SSSR count). The van der Waals surface area contributed by atoms with Crippen molar-refractivity contribution in [2.45, 2.75) is 50.7 Å². The number of quaternary nitrogens is 1. The number of nitriles is 1. The molecule has 4 heteroatoms. The zero-order valence-electron chi connectivity index (χ0n) is 9.99. The summed E-state index contributed by atoms with van der Waals surface area (Å²) < 4.78 is 6.76. The van der Waals surface area contributed by atoms with Crippen molar-refractivity contribution in [2.24, 2.45) is 0 Å². The summed E-state index contributed by atoms with van der Waals surface area (Å²) in [7, 11) is 2.30. The monoisotopic (exact) mass is 244 g/mol. The van der Waals surface area contributed by atoms with Gasteiger partial charge in [0.05, 0.1) is 25.6 Å². The quantitative estimate of drug-likeness (QED) is 0.587. The van der Waals surface area contributed by atoms with Crippen molar-refractivity contribution in [2.75, 3.05) is 20.3 Å². The van der Waals surface area contributed by atoms with E-state index in [1.54, 1.807) is 0 Å². The Bertz CT molecular complexity index is 260. The number of halogens is 1. The molecule has 0 N–H and O–H groups in total. The van der Waals surface area contributed by atoms with E-state index in [2.05, 4.69) is 13.1 Å². The first-order chi connectivity index (χ1) is 7.24. The van der Waals surface area contributed by atoms with Crippen LogP contribution in [0.1, 0.15) is 38.5 Å². The molecule has 0 spiro atoms. The van der Waals surface area contributed by atoms with Gasteiger partial charge in [-0.1, -0.05) is 6.42 Å². The van der Waals surface area contributed by atoms with Gasteiger partial charge in [-0.15, -0.1) is 0 Å². The second-order valence-corrected chi connectivity index (χ2v) is 5.23. The van der Waals surface area contributed by atoms with Gasteiger partial charge in [-0.05, 0) is 25.7 Å². The SMILES string of the molecule is C[N+]1(C2CCCCC2)COC(CC#N)C1.[Cl-]. The van der Waals surface area contributed by atoms with E-state index in [9.17, 15) is 0 Å². The summed E-state index contributed by atoms with van der Waals surface area (Å²) >= 11 is 0. The Labute approximate surface area is 104 Å². The second kappa shape index (κ2) is 5.86. The van der Waals surface area contributed by atoms with Crippen molar-refractivity contribution < 1.29 is 21.6 Å². The maximum atomic E-state index is 8.67. The highest BCUT2D eigenvalue weighted by Gasteiger charge is 2.41. The standard InChI is InChI=1S/C12H21N2O.ClH/c1-14(11-5-3-2-4-6-11)9-12(7-8-13)15-10-14;/h11-12H,2-7,9-10H2,1H3;1H/q+1;/p-1. The van der Waals surface area contributed by atoms with E-state index in [0.717, 1.165) is 23.8 Å². The van der Waals surface area contributed by atoms with Crippen LogP contribution in [0.3, 0.4) is 0 Å². The molecule has 0 amide bonds. The van der Waals surface area contributed by atoms with Gasteiger partial charge >= 0.3 is 0 Å². The fraction of sp³-hybridized carbons (Fsp3) is 0.917. The Kier molecular flexibility index (Phi) is 5.04. The summed E-state index contributed by atoms with van der Waals surface area (Å²) in [6.45, 7) is 1.86. The number of ether oxygens (including phenoxy) is 1. The van der Waals surface area contributed by atoms with Crippen molar-refractivity contribution in [3.8, 4) is 6.07 Å². The van der Waals surface area contributed by atoms with Crippen LogP contribution in [-0.4, -0.2) is 37.0 Å². The normalized spacial score (nSPS) is 35.4. The predicted octanol–water partition coefficient (Wildman–Crippen LogP) is -0.960. The van der Waals surface area contributed by atoms with Gasteiger partial charge in [0.15, 0.2) is 6.73 Å². The first-order valence-corrected chi connectivity index (χ1v) is 6.07. The third kappa shape index (κ3) is 2.88. The second-order valence-electron chi connectivity index (χ2n) is 5.23. The molecule has 3 nitrogen and oxygen atoms in total. The first kappa shape index (κ1) is 13.8. The molecule has 2 aliphatic rings. The Morgan fingerprint density at radius 2 is 2.00 bits per heavy atom. The van der Waals surface area contributed by atoms with Crippen molar-refractivity contribution in [3.05, 3.63) is 0 Å². The molecule has 0 aromatic rings. The highest BCUT2D eigenvalue weighted by molar-refractivity contribution is 4.79. The average molecular weight is 245 g/mol. The van der Waals surface area contributed by atoms with E-state index in [1.807, 2.05) is 0 Å². The van der Waals surface area contributed by atoms with Gasteiger partial charge < -0.3 is 17.1 Å². The minimum atomic E-state index is 0. The van der Waals surface area contributed by atoms with E-state index >= 15 is 0 Å². The number of rotatable bonds is 2. The average Bonchev–Trinajstić information content (AvgIpc) is 2.64. The van der Waals surface area contributed by atoms with E-state index in [-0.39, 0.29) is 18.5 Å². The number of hydrogen-bond donors (Lipinski definition) is 0. The summed E-state index contributed by atoms with van der Waals surface area (Å²) in [6.07, 6.45) is 7.59. The van der Waals surface area contributed by atoms with Gasteiger partial charge in [0.2, 0.25) is 0 Å². The highest BCUT2D eigenvalue weighted by atomic mass is 35.5. The van der Waals surface area contributed by atoms with Crippen molar-refractivity contribution in [1.29, 1.82) is 5.26 Å². The maximum absolute atomic E-state index is 8.67. The Morgan fingerprint density at radius 3 is 2.62 bits per heavy atom. The van der Waals surface area contributed by atoms with Crippen LogP contribution >= 0.6 is 0 Å². The predicted molar refractivity (Wildman–Crippen MR) is 57.9 cm³/mol. The van der Waals surface area contributed by atoms with Gasteiger partial charge in [-0.3, -0.25) is 4.48 Å². The molecule has 1 heterocycles. The van der Waals surface area contributed by atoms with E-state index in [1.165, 1.54) is 32.1 Å². The van der Waals surface area contributed by atoms with Crippen molar-refractivity contribution in [3.63, 3.8) is 0 Å². The molecule has 0 aromatic carbocycles. The van der Waals surface area contributed by atoms with Crippen LogP contribution in [0.25, 0.3) is 0 Å². The van der Waals surface area contributed by atoms with Gasteiger partial charge in [0, 0.05) is 0 Å². The fourth-order valence-electron chi connectivity index (χ4n) is 3.03. The van der Waals surface area contributed by atoms with E-state index in [0.29, 0.717) is 6.42 Å². The molecule has 92 valence electrons. The third-order valence-corrected chi connectivity index (χ3v) is 4.00. The lowest BCUT2D eigenvalue weighted by atomic mass is 9.93. The van der Waals surface area contributed by atoms with Crippen LogP contribution in [0.4, 0.5) is 0 Å². The van der Waals surface area contributed by atoms with Gasteiger partial charge in [-0.2, -0.15) is 5.26 Å². The maximum Gasteiger partial charge on any atom is 0.183 e. The summed E-state index contributed by atoms with van der Waals surface area (Å²) in [5.74, 6) is 0. The van der Waals surface area contributed by atoms with Crippen molar-refractivity contribution >= 4 is 0 Å². The molecule has 0 bridgehead atoms. The smallest absolute Gasteiger partial charge is 0.183 e. The summed E-state index contributed by atoms with van der Waals surface area (Å²) in [5, 5.41) is 8.67. The molecule has 0 aromatic heterocycles. The molecule has 1 aliphatic heterocycles. The van der Waals surface area contributed by atoms with Crippen LogP contribution in [0.15, 0.2) is 0 Å². The number of likely N-dealkylation sites (N-methyl/N-ethyl adjacent to an activating group) is 1. The van der Waals surface area contributed by atoms with Gasteiger partial charge in [-0.25, -0.2) is 0 Å². The van der Waals surface area contributed by atoms with E-state index < -0.39 is 0 Å². The molecular weight excluding hydrogens is 224 g/mol. The number of hydrogen-bond acceptors (Lipinski definition) is 2. The summed E-state index contributed by atoms with van der Waals surface area (Å²) in [6, 6.07) is 3.00. The van der Waals surface area contributed by atoms with Gasteiger partial charge in [0.25, 0.3) is 0 Å². The Balaban J connectivity index is 0.00000128. The van der Waals surface area contributed by atoms with E-state index in [4.69, 9.17) is 10.00 Å². The molecule has 2 fully saturated rings. The van der Waals surface area contributed by atoms with Crippen LogP contribution < -0.4 is 12.4 Å². The largest absolute Gasteiger partial charge is 1.00 e. The summed E-state index contributed by atoms with van der Waals surface area (Å²) in [5.41, 5.74) is 0. The zero-order chi connectivity index (χ0) is 10.7. The summed E-state index contributed by atoms with van der Waals surface area (Å²) in [4.78, 5) is 0.